The Morgan fingerprint density at radius 1 is 1.05 bits per heavy atom. The van der Waals surface area contributed by atoms with Gasteiger partial charge in [-0.25, -0.2) is 0 Å². The van der Waals surface area contributed by atoms with E-state index in [2.05, 4.69) is 29.4 Å². The Morgan fingerprint density at radius 2 is 1.76 bits per heavy atom. The summed E-state index contributed by atoms with van der Waals surface area (Å²) in [7, 11) is 0. The fourth-order valence-electron chi connectivity index (χ4n) is 2.55. The van der Waals surface area contributed by atoms with Gasteiger partial charge >= 0.3 is 0 Å². The maximum absolute atomic E-state index is 12.4. The molecule has 106 valence electrons. The van der Waals surface area contributed by atoms with Gasteiger partial charge in [-0.3, -0.25) is 4.79 Å². The van der Waals surface area contributed by atoms with Crippen LogP contribution < -0.4 is 5.32 Å². The number of rotatable bonds is 3. The van der Waals surface area contributed by atoms with Gasteiger partial charge in [-0.1, -0.05) is 48.0 Å². The number of aromatic nitrogens is 1. The third kappa shape index (κ3) is 2.68. The first-order valence-corrected chi connectivity index (χ1v) is 7.06. The number of benzene rings is 2. The number of carbonyl (C=O) groups excluding carboxylic acids is 1. The number of hydrogen-bond donors (Lipinski definition) is 2. The molecule has 0 spiro atoms. The van der Waals surface area contributed by atoms with Crippen molar-refractivity contribution in [3.05, 3.63) is 70.9 Å². The van der Waals surface area contributed by atoms with E-state index in [1.165, 1.54) is 5.56 Å². The Labute approximate surface area is 124 Å². The van der Waals surface area contributed by atoms with Crippen molar-refractivity contribution in [1.29, 1.82) is 0 Å². The van der Waals surface area contributed by atoms with Gasteiger partial charge in [-0.15, -0.1) is 0 Å². The number of hydrogen-bond acceptors (Lipinski definition) is 1. The van der Waals surface area contributed by atoms with Crippen LogP contribution in [0.5, 0.6) is 0 Å². The molecule has 2 aromatic carbocycles. The van der Waals surface area contributed by atoms with Crippen LogP contribution in [0.1, 0.15) is 27.2 Å². The highest BCUT2D eigenvalue weighted by atomic mass is 16.1. The molecule has 1 amide bonds. The number of para-hydroxylation sites is 1. The predicted molar refractivity (Wildman–Crippen MR) is 85.4 cm³/mol. The molecule has 0 atom stereocenters. The molecule has 21 heavy (non-hydrogen) atoms. The normalized spacial score (nSPS) is 10.8. The lowest BCUT2D eigenvalue weighted by molar-refractivity contribution is 0.0952. The molecular formula is C18H18N2O. The minimum atomic E-state index is -0.0366. The second-order valence-corrected chi connectivity index (χ2v) is 5.34. The number of nitrogens with one attached hydrogen (secondary N) is 2. The van der Waals surface area contributed by atoms with Gasteiger partial charge in [0.25, 0.3) is 5.91 Å². The summed E-state index contributed by atoms with van der Waals surface area (Å²) in [5, 5.41) is 3.96. The summed E-state index contributed by atoms with van der Waals surface area (Å²) in [5.74, 6) is -0.0366. The van der Waals surface area contributed by atoms with E-state index in [1.807, 2.05) is 43.3 Å². The highest BCUT2D eigenvalue weighted by Crippen LogP contribution is 2.21. The molecule has 0 saturated heterocycles. The van der Waals surface area contributed by atoms with Gasteiger partial charge in [-0.05, 0) is 25.5 Å². The molecular weight excluding hydrogens is 260 g/mol. The van der Waals surface area contributed by atoms with E-state index in [4.69, 9.17) is 0 Å². The summed E-state index contributed by atoms with van der Waals surface area (Å²) in [6.45, 7) is 4.52. The van der Waals surface area contributed by atoms with Crippen molar-refractivity contribution in [3.63, 3.8) is 0 Å². The number of fused-ring (bicyclic) bond motifs is 1. The van der Waals surface area contributed by atoms with Crippen LogP contribution in [0.25, 0.3) is 10.9 Å². The Balaban J connectivity index is 1.81. The standard InChI is InChI=1S/C18H18N2O/c1-12-7-9-14(10-8-12)11-19-18(21)17-13(2)20-16-6-4-3-5-15(16)17/h3-10,20H,11H2,1-2H3,(H,19,21). The van der Waals surface area contributed by atoms with Crippen LogP contribution in [0.4, 0.5) is 0 Å². The monoisotopic (exact) mass is 278 g/mol. The quantitative estimate of drug-likeness (QED) is 0.753. The van der Waals surface area contributed by atoms with Gasteiger partial charge in [0.15, 0.2) is 0 Å². The van der Waals surface area contributed by atoms with Crippen molar-refractivity contribution in [2.75, 3.05) is 0 Å². The van der Waals surface area contributed by atoms with Gasteiger partial charge in [0.05, 0.1) is 5.56 Å². The summed E-state index contributed by atoms with van der Waals surface area (Å²) in [6, 6.07) is 16.1. The van der Waals surface area contributed by atoms with E-state index in [-0.39, 0.29) is 5.91 Å². The molecule has 0 bridgehead atoms. The third-order valence-electron chi connectivity index (χ3n) is 3.69. The first kappa shape index (κ1) is 13.4. The Kier molecular flexibility index (Phi) is 3.48. The zero-order valence-electron chi connectivity index (χ0n) is 12.2. The molecule has 3 rings (SSSR count). The lowest BCUT2D eigenvalue weighted by Gasteiger charge is -2.06. The van der Waals surface area contributed by atoms with Crippen LogP contribution >= 0.6 is 0 Å². The number of carbonyl (C=O) groups is 1. The Morgan fingerprint density at radius 3 is 2.52 bits per heavy atom. The summed E-state index contributed by atoms with van der Waals surface area (Å²) < 4.78 is 0. The molecule has 0 radical (unpaired) electrons. The summed E-state index contributed by atoms with van der Waals surface area (Å²) in [5.41, 5.74) is 4.95. The van der Waals surface area contributed by atoms with Crippen molar-refractivity contribution in [2.24, 2.45) is 0 Å². The molecule has 0 aliphatic carbocycles. The van der Waals surface area contributed by atoms with E-state index < -0.39 is 0 Å². The number of aryl methyl sites for hydroxylation is 2. The summed E-state index contributed by atoms with van der Waals surface area (Å²) in [6.07, 6.45) is 0. The maximum Gasteiger partial charge on any atom is 0.253 e. The van der Waals surface area contributed by atoms with Crippen LogP contribution in [0, 0.1) is 13.8 Å². The van der Waals surface area contributed by atoms with Gasteiger partial charge < -0.3 is 10.3 Å². The molecule has 0 aliphatic heterocycles. The lowest BCUT2D eigenvalue weighted by Crippen LogP contribution is -2.23. The molecule has 2 N–H and O–H groups in total. The van der Waals surface area contributed by atoms with Crippen molar-refractivity contribution in [1.82, 2.24) is 10.3 Å². The first-order chi connectivity index (χ1) is 10.1. The highest BCUT2D eigenvalue weighted by molar-refractivity contribution is 6.08. The smallest absolute Gasteiger partial charge is 0.253 e. The lowest BCUT2D eigenvalue weighted by atomic mass is 10.1. The second kappa shape index (κ2) is 5.44. The van der Waals surface area contributed by atoms with Gasteiger partial charge in [-0.2, -0.15) is 0 Å². The van der Waals surface area contributed by atoms with Gasteiger partial charge in [0.2, 0.25) is 0 Å². The Hall–Kier alpha value is -2.55. The highest BCUT2D eigenvalue weighted by Gasteiger charge is 2.15. The van der Waals surface area contributed by atoms with Crippen LogP contribution in [0.3, 0.4) is 0 Å². The van der Waals surface area contributed by atoms with Crippen LogP contribution in [0.15, 0.2) is 48.5 Å². The zero-order chi connectivity index (χ0) is 14.8. The molecule has 3 nitrogen and oxygen atoms in total. The van der Waals surface area contributed by atoms with E-state index in [0.29, 0.717) is 6.54 Å². The van der Waals surface area contributed by atoms with E-state index in [0.717, 1.165) is 27.7 Å². The fraction of sp³-hybridized carbons (Fsp3) is 0.167. The topological polar surface area (TPSA) is 44.9 Å². The van der Waals surface area contributed by atoms with E-state index in [1.54, 1.807) is 0 Å². The van der Waals surface area contributed by atoms with E-state index >= 15 is 0 Å². The minimum Gasteiger partial charge on any atom is -0.358 e. The number of H-pyrrole nitrogens is 1. The van der Waals surface area contributed by atoms with Crippen LogP contribution in [-0.2, 0) is 6.54 Å². The van der Waals surface area contributed by atoms with Crippen LogP contribution in [0.2, 0.25) is 0 Å². The minimum absolute atomic E-state index is 0.0366. The average molecular weight is 278 g/mol. The fourth-order valence-corrected chi connectivity index (χ4v) is 2.55. The van der Waals surface area contributed by atoms with Crippen molar-refractivity contribution in [3.8, 4) is 0 Å². The molecule has 0 saturated carbocycles. The average Bonchev–Trinajstić information content (AvgIpc) is 2.82. The molecule has 1 aromatic heterocycles. The van der Waals surface area contributed by atoms with E-state index in [9.17, 15) is 4.79 Å². The van der Waals surface area contributed by atoms with Crippen LogP contribution in [-0.4, -0.2) is 10.9 Å². The first-order valence-electron chi connectivity index (χ1n) is 7.06. The van der Waals surface area contributed by atoms with Crippen molar-refractivity contribution in [2.45, 2.75) is 20.4 Å². The summed E-state index contributed by atoms with van der Waals surface area (Å²) >= 11 is 0. The molecule has 1 heterocycles. The molecule has 0 fully saturated rings. The molecule has 0 unspecified atom stereocenters. The number of aromatic amines is 1. The predicted octanol–water partition coefficient (Wildman–Crippen LogP) is 3.71. The van der Waals surface area contributed by atoms with Crippen molar-refractivity contribution < 1.29 is 4.79 Å². The van der Waals surface area contributed by atoms with Gasteiger partial charge in [0.1, 0.15) is 0 Å². The molecule has 3 heteroatoms. The third-order valence-corrected chi connectivity index (χ3v) is 3.69. The maximum atomic E-state index is 12.4. The summed E-state index contributed by atoms with van der Waals surface area (Å²) in [4.78, 5) is 15.7. The second-order valence-electron chi connectivity index (χ2n) is 5.34. The molecule has 3 aromatic rings. The molecule has 0 aliphatic rings. The SMILES string of the molecule is Cc1ccc(CNC(=O)c2c(C)[nH]c3ccccc23)cc1. The van der Waals surface area contributed by atoms with Crippen molar-refractivity contribution >= 4 is 16.8 Å². The van der Waals surface area contributed by atoms with Gasteiger partial charge in [0, 0.05) is 23.1 Å². The zero-order valence-corrected chi connectivity index (χ0v) is 12.2. The largest absolute Gasteiger partial charge is 0.358 e. The number of amides is 1. The Bertz CT molecular complexity index is 785.